The van der Waals surface area contributed by atoms with E-state index < -0.39 is 5.97 Å². The molecule has 0 atom stereocenters. The fourth-order valence-electron chi connectivity index (χ4n) is 1.47. The Morgan fingerprint density at radius 3 is 2.94 bits per heavy atom. The Balaban J connectivity index is 2.06. The van der Waals surface area contributed by atoms with Crippen LogP contribution in [0.25, 0.3) is 0 Å². The molecule has 1 aromatic rings. The van der Waals surface area contributed by atoms with Gasteiger partial charge >= 0.3 is 5.97 Å². The summed E-state index contributed by atoms with van der Waals surface area (Å²) in [6.45, 7) is 1.02. The van der Waals surface area contributed by atoms with Crippen molar-refractivity contribution in [2.75, 3.05) is 13.2 Å². The number of ether oxygens (including phenoxy) is 1. The van der Waals surface area contributed by atoms with E-state index in [0.717, 1.165) is 12.8 Å². The first-order valence-corrected chi connectivity index (χ1v) is 5.18. The standard InChI is InChI=1S/C11H14N2O3/c12-6-11(3-4-11)7-16-9-8(10(14)15)2-1-5-13-9/h1-2,5H,3-4,6-7,12H2,(H,14,15). The van der Waals surface area contributed by atoms with Crippen molar-refractivity contribution >= 4 is 5.97 Å². The molecule has 3 N–H and O–H groups in total. The summed E-state index contributed by atoms with van der Waals surface area (Å²) in [5.41, 5.74) is 5.76. The second kappa shape index (κ2) is 4.09. The highest BCUT2D eigenvalue weighted by atomic mass is 16.5. The van der Waals surface area contributed by atoms with E-state index >= 15 is 0 Å². The molecule has 0 spiro atoms. The number of pyridine rings is 1. The van der Waals surface area contributed by atoms with Crippen LogP contribution in [-0.2, 0) is 0 Å². The maximum Gasteiger partial charge on any atom is 0.341 e. The number of nitrogens with zero attached hydrogens (tertiary/aromatic N) is 1. The van der Waals surface area contributed by atoms with Crippen molar-refractivity contribution in [1.82, 2.24) is 4.98 Å². The molecule has 0 saturated heterocycles. The molecule has 0 amide bonds. The second-order valence-electron chi connectivity index (χ2n) is 4.15. The number of hydrogen-bond acceptors (Lipinski definition) is 4. The first kappa shape index (κ1) is 10.9. The van der Waals surface area contributed by atoms with Crippen LogP contribution in [0.15, 0.2) is 18.3 Å². The lowest BCUT2D eigenvalue weighted by Gasteiger charge is -2.13. The van der Waals surface area contributed by atoms with Gasteiger partial charge < -0.3 is 15.6 Å². The SMILES string of the molecule is NCC1(COc2ncccc2C(=O)O)CC1. The molecule has 0 unspecified atom stereocenters. The Bertz CT molecular complexity index is 402. The summed E-state index contributed by atoms with van der Waals surface area (Å²) in [4.78, 5) is 14.8. The number of hydrogen-bond donors (Lipinski definition) is 2. The van der Waals surface area contributed by atoms with Crippen LogP contribution in [0, 0.1) is 5.41 Å². The molecule has 0 aliphatic heterocycles. The summed E-state index contributed by atoms with van der Waals surface area (Å²) in [5.74, 6) is -0.851. The molecular formula is C11H14N2O3. The highest BCUT2D eigenvalue weighted by Crippen LogP contribution is 2.44. The monoisotopic (exact) mass is 222 g/mol. The third kappa shape index (κ3) is 2.14. The van der Waals surface area contributed by atoms with Gasteiger partial charge in [0, 0.05) is 18.2 Å². The number of carboxylic acids is 1. The van der Waals surface area contributed by atoms with Crippen molar-refractivity contribution in [2.45, 2.75) is 12.8 Å². The number of carboxylic acid groups (broad SMARTS) is 1. The molecule has 1 aromatic heterocycles. The highest BCUT2D eigenvalue weighted by molar-refractivity contribution is 5.90. The Morgan fingerprint density at radius 2 is 2.38 bits per heavy atom. The topological polar surface area (TPSA) is 85.4 Å². The van der Waals surface area contributed by atoms with E-state index in [9.17, 15) is 4.79 Å². The predicted molar refractivity (Wildman–Crippen MR) is 57.4 cm³/mol. The third-order valence-electron chi connectivity index (χ3n) is 2.91. The largest absolute Gasteiger partial charge is 0.477 e. The smallest absolute Gasteiger partial charge is 0.341 e. The molecule has 0 bridgehead atoms. The van der Waals surface area contributed by atoms with E-state index in [4.69, 9.17) is 15.6 Å². The van der Waals surface area contributed by atoms with Crippen LogP contribution in [-0.4, -0.2) is 29.2 Å². The molecule has 1 heterocycles. The lowest BCUT2D eigenvalue weighted by Crippen LogP contribution is -2.23. The minimum absolute atomic E-state index is 0.0489. The summed E-state index contributed by atoms with van der Waals surface area (Å²) in [5, 5.41) is 8.92. The first-order valence-electron chi connectivity index (χ1n) is 5.18. The number of aromatic carboxylic acids is 1. The van der Waals surface area contributed by atoms with Gasteiger partial charge in [-0.2, -0.15) is 0 Å². The summed E-state index contributed by atoms with van der Waals surface area (Å²) in [6.07, 6.45) is 3.60. The second-order valence-corrected chi connectivity index (χ2v) is 4.15. The summed E-state index contributed by atoms with van der Waals surface area (Å²) in [6, 6.07) is 3.05. The van der Waals surface area contributed by atoms with Gasteiger partial charge in [0.05, 0.1) is 6.61 Å². The quantitative estimate of drug-likeness (QED) is 0.773. The van der Waals surface area contributed by atoms with Gasteiger partial charge in [0.2, 0.25) is 5.88 Å². The summed E-state index contributed by atoms with van der Waals surface area (Å²) >= 11 is 0. The molecule has 0 radical (unpaired) electrons. The molecular weight excluding hydrogens is 208 g/mol. The van der Waals surface area contributed by atoms with Gasteiger partial charge in [-0.3, -0.25) is 0 Å². The van der Waals surface area contributed by atoms with Gasteiger partial charge in [-0.15, -0.1) is 0 Å². The molecule has 0 aromatic carbocycles. The van der Waals surface area contributed by atoms with Gasteiger partial charge in [0.25, 0.3) is 0 Å². The summed E-state index contributed by atoms with van der Waals surface area (Å²) < 4.78 is 5.44. The zero-order chi connectivity index (χ0) is 11.6. The van der Waals surface area contributed by atoms with Gasteiger partial charge in [0.1, 0.15) is 5.56 Å². The number of aromatic nitrogens is 1. The van der Waals surface area contributed by atoms with E-state index in [1.54, 1.807) is 6.07 Å². The first-order chi connectivity index (χ1) is 7.67. The van der Waals surface area contributed by atoms with Gasteiger partial charge in [-0.05, 0) is 25.0 Å². The van der Waals surface area contributed by atoms with Crippen molar-refractivity contribution in [3.63, 3.8) is 0 Å². The molecule has 86 valence electrons. The van der Waals surface area contributed by atoms with Crippen LogP contribution in [0.1, 0.15) is 23.2 Å². The predicted octanol–water partition coefficient (Wildman–Crippen LogP) is 0.897. The maximum absolute atomic E-state index is 10.9. The Kier molecular flexibility index (Phi) is 2.78. The minimum Gasteiger partial charge on any atom is -0.477 e. The van der Waals surface area contributed by atoms with Gasteiger partial charge in [-0.1, -0.05) is 0 Å². The van der Waals surface area contributed by atoms with Crippen molar-refractivity contribution in [3.8, 4) is 5.88 Å². The summed E-state index contributed by atoms with van der Waals surface area (Å²) in [7, 11) is 0. The van der Waals surface area contributed by atoms with E-state index in [2.05, 4.69) is 4.98 Å². The van der Waals surface area contributed by atoms with Crippen molar-refractivity contribution in [2.24, 2.45) is 11.1 Å². The van der Waals surface area contributed by atoms with Crippen molar-refractivity contribution in [1.29, 1.82) is 0 Å². The molecule has 1 aliphatic rings. The number of carbonyl (C=O) groups is 1. The highest BCUT2D eigenvalue weighted by Gasteiger charge is 2.42. The van der Waals surface area contributed by atoms with Crippen LogP contribution in [0.4, 0.5) is 0 Å². The maximum atomic E-state index is 10.9. The van der Waals surface area contributed by atoms with E-state index in [-0.39, 0.29) is 16.9 Å². The molecule has 5 heteroatoms. The van der Waals surface area contributed by atoms with Crippen molar-refractivity contribution < 1.29 is 14.6 Å². The average molecular weight is 222 g/mol. The van der Waals surface area contributed by atoms with E-state index in [0.29, 0.717) is 13.2 Å². The van der Waals surface area contributed by atoms with Gasteiger partial charge in [0.15, 0.2) is 0 Å². The molecule has 1 fully saturated rings. The molecule has 16 heavy (non-hydrogen) atoms. The Morgan fingerprint density at radius 1 is 1.62 bits per heavy atom. The molecule has 1 aliphatic carbocycles. The van der Waals surface area contributed by atoms with Crippen molar-refractivity contribution in [3.05, 3.63) is 23.9 Å². The number of nitrogens with two attached hydrogens (primary N) is 1. The number of rotatable bonds is 5. The van der Waals surface area contributed by atoms with Crippen LogP contribution >= 0.6 is 0 Å². The third-order valence-corrected chi connectivity index (χ3v) is 2.91. The molecule has 1 saturated carbocycles. The normalized spacial score (nSPS) is 16.8. The lowest BCUT2D eigenvalue weighted by molar-refractivity contribution is 0.0689. The van der Waals surface area contributed by atoms with Crippen LogP contribution in [0.3, 0.4) is 0 Å². The zero-order valence-electron chi connectivity index (χ0n) is 8.85. The lowest BCUT2D eigenvalue weighted by atomic mass is 10.1. The van der Waals surface area contributed by atoms with Crippen LogP contribution < -0.4 is 10.5 Å². The Hall–Kier alpha value is -1.62. The molecule has 2 rings (SSSR count). The zero-order valence-corrected chi connectivity index (χ0v) is 8.85. The fourth-order valence-corrected chi connectivity index (χ4v) is 1.47. The minimum atomic E-state index is -1.03. The van der Waals surface area contributed by atoms with Crippen LogP contribution in [0.5, 0.6) is 5.88 Å². The van der Waals surface area contributed by atoms with Gasteiger partial charge in [-0.25, -0.2) is 9.78 Å². The van der Waals surface area contributed by atoms with E-state index in [1.807, 2.05) is 0 Å². The fraction of sp³-hybridized carbons (Fsp3) is 0.455. The van der Waals surface area contributed by atoms with Crippen LogP contribution in [0.2, 0.25) is 0 Å². The molecule has 5 nitrogen and oxygen atoms in total. The van der Waals surface area contributed by atoms with E-state index in [1.165, 1.54) is 12.3 Å². The Labute approximate surface area is 93.2 Å². The average Bonchev–Trinajstić information content (AvgIpc) is 3.07.